The Bertz CT molecular complexity index is 398. The summed E-state index contributed by atoms with van der Waals surface area (Å²) in [5.74, 6) is 0. The van der Waals surface area contributed by atoms with E-state index < -0.39 is 0 Å². The van der Waals surface area contributed by atoms with Gasteiger partial charge in [-0.3, -0.25) is 0 Å². The van der Waals surface area contributed by atoms with E-state index in [2.05, 4.69) is 72.0 Å². The average Bonchev–Trinajstić information content (AvgIpc) is 2.48. The number of unbranched alkanes of at least 4 members (excludes halogenated alkanes) is 2. The molecule has 1 unspecified atom stereocenters. The summed E-state index contributed by atoms with van der Waals surface area (Å²) in [6, 6.07) is 7.10. The van der Waals surface area contributed by atoms with Gasteiger partial charge < -0.3 is 10.2 Å². The Balaban J connectivity index is 3.03. The molecule has 0 bridgehead atoms. The van der Waals surface area contributed by atoms with Gasteiger partial charge in [-0.1, -0.05) is 49.5 Å². The number of anilines is 1. The number of nitrogens with zero attached hydrogens (tertiary/aromatic N) is 1. The van der Waals surface area contributed by atoms with Gasteiger partial charge in [-0.2, -0.15) is 0 Å². The number of hydrogen-bond acceptors (Lipinski definition) is 2. The molecule has 120 valence electrons. The van der Waals surface area contributed by atoms with Crippen molar-refractivity contribution < 1.29 is 0 Å². The molecule has 21 heavy (non-hydrogen) atoms. The third-order valence-electron chi connectivity index (χ3n) is 3.87. The van der Waals surface area contributed by atoms with Crippen molar-refractivity contribution in [3.63, 3.8) is 0 Å². The van der Waals surface area contributed by atoms with E-state index in [1.165, 1.54) is 36.9 Å². The molecule has 0 saturated carbocycles. The summed E-state index contributed by atoms with van der Waals surface area (Å²) >= 11 is 3.62. The van der Waals surface area contributed by atoms with Gasteiger partial charge in [-0.25, -0.2) is 0 Å². The molecule has 0 saturated heterocycles. The lowest BCUT2D eigenvalue weighted by Gasteiger charge is -2.29. The third-order valence-corrected chi connectivity index (χ3v) is 4.36. The number of benzene rings is 1. The van der Waals surface area contributed by atoms with Gasteiger partial charge >= 0.3 is 0 Å². The monoisotopic (exact) mass is 354 g/mol. The van der Waals surface area contributed by atoms with E-state index in [-0.39, 0.29) is 0 Å². The van der Waals surface area contributed by atoms with Crippen LogP contribution in [-0.2, 0) is 0 Å². The molecule has 1 rings (SSSR count). The zero-order valence-corrected chi connectivity index (χ0v) is 15.7. The van der Waals surface area contributed by atoms with Crippen LogP contribution in [-0.4, -0.2) is 19.6 Å². The van der Waals surface area contributed by atoms with E-state index in [9.17, 15) is 0 Å². The van der Waals surface area contributed by atoms with Crippen LogP contribution in [0.2, 0.25) is 0 Å². The van der Waals surface area contributed by atoms with Crippen LogP contribution in [0.4, 0.5) is 5.69 Å². The first-order chi connectivity index (χ1) is 10.1. The van der Waals surface area contributed by atoms with Gasteiger partial charge in [0, 0.05) is 29.3 Å². The highest BCUT2D eigenvalue weighted by molar-refractivity contribution is 9.10. The second kappa shape index (κ2) is 10.2. The predicted octanol–water partition coefficient (Wildman–Crippen LogP) is 5.53. The van der Waals surface area contributed by atoms with Gasteiger partial charge in [0.25, 0.3) is 0 Å². The highest BCUT2D eigenvalue weighted by Crippen LogP contribution is 2.30. The molecule has 0 aliphatic carbocycles. The van der Waals surface area contributed by atoms with E-state index in [1.54, 1.807) is 0 Å². The molecule has 0 spiro atoms. The Morgan fingerprint density at radius 1 is 1.10 bits per heavy atom. The maximum Gasteiger partial charge on any atom is 0.0415 e. The van der Waals surface area contributed by atoms with Crippen LogP contribution in [0.3, 0.4) is 0 Å². The van der Waals surface area contributed by atoms with Gasteiger partial charge in [0.15, 0.2) is 0 Å². The van der Waals surface area contributed by atoms with Crippen LogP contribution in [0.25, 0.3) is 0 Å². The molecule has 2 nitrogen and oxygen atoms in total. The molecule has 0 aromatic heterocycles. The smallest absolute Gasteiger partial charge is 0.0415 e. The number of halogens is 1. The lowest BCUT2D eigenvalue weighted by Crippen LogP contribution is -2.28. The minimum atomic E-state index is 0.383. The molecule has 0 amide bonds. The number of rotatable bonds is 10. The quantitative estimate of drug-likeness (QED) is 0.594. The second-order valence-electron chi connectivity index (χ2n) is 5.68. The van der Waals surface area contributed by atoms with Gasteiger partial charge in [0.2, 0.25) is 0 Å². The molecule has 3 heteroatoms. The summed E-state index contributed by atoms with van der Waals surface area (Å²) in [5, 5.41) is 3.55. The second-order valence-corrected chi connectivity index (χ2v) is 6.59. The van der Waals surface area contributed by atoms with Crippen LogP contribution in [0.15, 0.2) is 22.7 Å². The van der Waals surface area contributed by atoms with Gasteiger partial charge in [-0.15, -0.1) is 0 Å². The van der Waals surface area contributed by atoms with Crippen molar-refractivity contribution in [1.82, 2.24) is 5.32 Å². The predicted molar refractivity (Wildman–Crippen MR) is 98.3 cm³/mol. The molecule has 0 radical (unpaired) electrons. The largest absolute Gasteiger partial charge is 0.371 e. The minimum absolute atomic E-state index is 0.383. The Hall–Kier alpha value is -0.540. The molecule has 1 aromatic rings. The Labute approximate surface area is 139 Å². The summed E-state index contributed by atoms with van der Waals surface area (Å²) in [5.41, 5.74) is 2.80. The zero-order chi connectivity index (χ0) is 15.7. The standard InChI is InChI=1S/C18H31BrN2/c1-5-8-12-21(13-9-6-2)18-11-10-16(19)14-17(18)15(4)20-7-3/h10-11,14-15,20H,5-9,12-13H2,1-4H3. The zero-order valence-electron chi connectivity index (χ0n) is 14.1. The number of hydrogen-bond donors (Lipinski definition) is 1. The fraction of sp³-hybridized carbons (Fsp3) is 0.667. The van der Waals surface area contributed by atoms with Crippen LogP contribution in [0, 0.1) is 0 Å². The summed E-state index contributed by atoms with van der Waals surface area (Å²) < 4.78 is 1.16. The van der Waals surface area contributed by atoms with Crippen LogP contribution in [0.5, 0.6) is 0 Å². The molecular weight excluding hydrogens is 324 g/mol. The van der Waals surface area contributed by atoms with Crippen molar-refractivity contribution in [3.05, 3.63) is 28.2 Å². The maximum atomic E-state index is 3.62. The van der Waals surface area contributed by atoms with E-state index in [0.717, 1.165) is 24.1 Å². The van der Waals surface area contributed by atoms with Gasteiger partial charge in [0.1, 0.15) is 0 Å². The highest BCUT2D eigenvalue weighted by Gasteiger charge is 2.15. The Morgan fingerprint density at radius 2 is 1.71 bits per heavy atom. The SMILES string of the molecule is CCCCN(CCCC)c1ccc(Br)cc1C(C)NCC. The minimum Gasteiger partial charge on any atom is -0.371 e. The van der Waals surface area contributed by atoms with E-state index in [4.69, 9.17) is 0 Å². The average molecular weight is 355 g/mol. The Morgan fingerprint density at radius 3 is 2.24 bits per heavy atom. The topological polar surface area (TPSA) is 15.3 Å². The first-order valence-corrected chi connectivity index (χ1v) is 9.21. The summed E-state index contributed by atoms with van der Waals surface area (Å²) in [6.07, 6.45) is 5.01. The highest BCUT2D eigenvalue weighted by atomic mass is 79.9. The van der Waals surface area contributed by atoms with E-state index in [0.29, 0.717) is 6.04 Å². The molecule has 1 aromatic carbocycles. The fourth-order valence-electron chi connectivity index (χ4n) is 2.63. The molecular formula is C18H31BrN2. The summed E-state index contributed by atoms with van der Waals surface area (Å²) in [4.78, 5) is 2.57. The van der Waals surface area contributed by atoms with Crippen LogP contribution >= 0.6 is 15.9 Å². The summed E-state index contributed by atoms with van der Waals surface area (Å²) in [6.45, 7) is 12.3. The molecule has 1 atom stereocenters. The van der Waals surface area contributed by atoms with Crippen LogP contribution in [0.1, 0.15) is 65.0 Å². The first kappa shape index (κ1) is 18.5. The normalized spacial score (nSPS) is 12.4. The van der Waals surface area contributed by atoms with Gasteiger partial charge in [0.05, 0.1) is 0 Å². The molecule has 0 heterocycles. The van der Waals surface area contributed by atoms with Crippen molar-refractivity contribution >= 4 is 21.6 Å². The van der Waals surface area contributed by atoms with Gasteiger partial charge in [-0.05, 0) is 50.1 Å². The van der Waals surface area contributed by atoms with Crippen molar-refractivity contribution in [2.75, 3.05) is 24.5 Å². The molecule has 0 fully saturated rings. The summed E-state index contributed by atoms with van der Waals surface area (Å²) in [7, 11) is 0. The van der Waals surface area contributed by atoms with Crippen molar-refractivity contribution in [1.29, 1.82) is 0 Å². The van der Waals surface area contributed by atoms with Crippen molar-refractivity contribution in [3.8, 4) is 0 Å². The lowest BCUT2D eigenvalue weighted by molar-refractivity contribution is 0.592. The lowest BCUT2D eigenvalue weighted by atomic mass is 10.0. The maximum absolute atomic E-state index is 3.62. The van der Waals surface area contributed by atoms with Crippen molar-refractivity contribution in [2.45, 2.75) is 59.4 Å². The molecule has 0 aliphatic rings. The van der Waals surface area contributed by atoms with Crippen LogP contribution < -0.4 is 10.2 Å². The fourth-order valence-corrected chi connectivity index (χ4v) is 3.01. The number of nitrogens with one attached hydrogen (secondary N) is 1. The third kappa shape index (κ3) is 5.99. The van der Waals surface area contributed by atoms with E-state index >= 15 is 0 Å². The first-order valence-electron chi connectivity index (χ1n) is 8.41. The van der Waals surface area contributed by atoms with Crippen molar-refractivity contribution in [2.24, 2.45) is 0 Å². The Kier molecular flexibility index (Phi) is 9.02. The molecule has 1 N–H and O–H groups in total. The molecule has 0 aliphatic heterocycles. The van der Waals surface area contributed by atoms with E-state index in [1.807, 2.05) is 0 Å².